The van der Waals surface area contributed by atoms with Crippen LogP contribution in [0.5, 0.6) is 0 Å². The van der Waals surface area contributed by atoms with E-state index >= 15 is 0 Å². The van der Waals surface area contributed by atoms with E-state index in [4.69, 9.17) is 19.3 Å². The number of rotatable bonds is 8. The van der Waals surface area contributed by atoms with Crippen molar-refractivity contribution in [3.63, 3.8) is 0 Å². The lowest BCUT2D eigenvalue weighted by molar-refractivity contribution is -0.298. The van der Waals surface area contributed by atoms with Gasteiger partial charge in [0.2, 0.25) is 0 Å². The summed E-state index contributed by atoms with van der Waals surface area (Å²) in [6.07, 6.45) is -2.81. The van der Waals surface area contributed by atoms with Crippen LogP contribution >= 0.6 is 0 Å². The summed E-state index contributed by atoms with van der Waals surface area (Å²) in [5, 5.41) is 38.2. The molecule has 7 heteroatoms. The van der Waals surface area contributed by atoms with Crippen molar-refractivity contribution in [1.82, 2.24) is 0 Å². The highest BCUT2D eigenvalue weighted by molar-refractivity contribution is 5.13. The second-order valence-electron chi connectivity index (χ2n) is 5.50. The molecule has 0 spiro atoms. The van der Waals surface area contributed by atoms with Gasteiger partial charge in [0.1, 0.15) is 24.4 Å². The summed E-state index contributed by atoms with van der Waals surface area (Å²) in [7, 11) is 0. The molecule has 7 nitrogen and oxygen atoms in total. The quantitative estimate of drug-likeness (QED) is 0.376. The SMILES string of the molecule is OC[C@H]1O[C@H](OC/C=C/COCc2ccccc2)[C@H](O)[C@@H](O)[C@H]1O. The highest BCUT2D eigenvalue weighted by Crippen LogP contribution is 2.21. The molecule has 0 amide bonds. The Labute approximate surface area is 140 Å². The maximum Gasteiger partial charge on any atom is 0.187 e. The van der Waals surface area contributed by atoms with E-state index in [2.05, 4.69) is 0 Å². The third-order valence-electron chi connectivity index (χ3n) is 3.70. The van der Waals surface area contributed by atoms with Crippen LogP contribution in [0.3, 0.4) is 0 Å². The van der Waals surface area contributed by atoms with E-state index < -0.39 is 37.3 Å². The molecule has 24 heavy (non-hydrogen) atoms. The smallest absolute Gasteiger partial charge is 0.187 e. The predicted molar refractivity (Wildman–Crippen MR) is 85.0 cm³/mol. The van der Waals surface area contributed by atoms with E-state index in [1.54, 1.807) is 12.2 Å². The predicted octanol–water partition coefficient (Wildman–Crippen LogP) is -0.424. The van der Waals surface area contributed by atoms with Crippen molar-refractivity contribution < 1.29 is 34.6 Å². The largest absolute Gasteiger partial charge is 0.394 e. The topological polar surface area (TPSA) is 109 Å². The van der Waals surface area contributed by atoms with Crippen LogP contribution < -0.4 is 0 Å². The number of hydrogen-bond acceptors (Lipinski definition) is 7. The Hall–Kier alpha value is -1.32. The van der Waals surface area contributed by atoms with Crippen LogP contribution in [0.1, 0.15) is 5.56 Å². The molecule has 0 saturated carbocycles. The molecule has 1 aromatic carbocycles. The Bertz CT molecular complexity index is 491. The molecule has 1 aromatic rings. The van der Waals surface area contributed by atoms with Crippen LogP contribution in [0.25, 0.3) is 0 Å². The monoisotopic (exact) mass is 340 g/mol. The van der Waals surface area contributed by atoms with Gasteiger partial charge in [-0.25, -0.2) is 0 Å². The summed E-state index contributed by atoms with van der Waals surface area (Å²) in [6, 6.07) is 9.80. The number of aliphatic hydroxyl groups excluding tert-OH is 4. The Kier molecular flexibility index (Phi) is 7.80. The minimum Gasteiger partial charge on any atom is -0.394 e. The summed E-state index contributed by atoms with van der Waals surface area (Å²) < 4.78 is 16.0. The molecule has 1 fully saturated rings. The molecule has 0 radical (unpaired) electrons. The van der Waals surface area contributed by atoms with E-state index in [1.165, 1.54) is 0 Å². The summed E-state index contributed by atoms with van der Waals surface area (Å²) in [4.78, 5) is 0. The Morgan fingerprint density at radius 1 is 0.958 bits per heavy atom. The molecule has 1 aliphatic heterocycles. The first-order chi connectivity index (χ1) is 11.6. The van der Waals surface area contributed by atoms with Gasteiger partial charge in [-0.2, -0.15) is 0 Å². The van der Waals surface area contributed by atoms with E-state index in [1.807, 2.05) is 30.3 Å². The fraction of sp³-hybridized carbons (Fsp3) is 0.529. The van der Waals surface area contributed by atoms with Crippen LogP contribution in [-0.4, -0.2) is 71.0 Å². The molecular formula is C17H24O7. The first kappa shape index (κ1) is 19.0. The minimum absolute atomic E-state index is 0.136. The maximum atomic E-state index is 9.80. The van der Waals surface area contributed by atoms with E-state index in [0.29, 0.717) is 13.2 Å². The van der Waals surface area contributed by atoms with Gasteiger partial charge in [0.25, 0.3) is 0 Å². The van der Waals surface area contributed by atoms with Gasteiger partial charge in [-0.3, -0.25) is 0 Å². The maximum absolute atomic E-state index is 9.80. The van der Waals surface area contributed by atoms with E-state index in [0.717, 1.165) is 5.56 Å². The van der Waals surface area contributed by atoms with Gasteiger partial charge >= 0.3 is 0 Å². The molecule has 1 heterocycles. The van der Waals surface area contributed by atoms with Gasteiger partial charge in [-0.05, 0) is 5.56 Å². The summed E-state index contributed by atoms with van der Waals surface area (Å²) in [5.41, 5.74) is 1.09. The van der Waals surface area contributed by atoms with Crippen LogP contribution in [0.2, 0.25) is 0 Å². The lowest BCUT2D eigenvalue weighted by atomic mass is 9.99. The first-order valence-corrected chi connectivity index (χ1v) is 7.82. The molecule has 4 N–H and O–H groups in total. The zero-order chi connectivity index (χ0) is 17.4. The number of aliphatic hydroxyl groups is 4. The van der Waals surface area contributed by atoms with Gasteiger partial charge in [-0.1, -0.05) is 42.5 Å². The molecule has 5 atom stereocenters. The zero-order valence-electron chi connectivity index (χ0n) is 13.3. The number of hydrogen-bond donors (Lipinski definition) is 4. The van der Waals surface area contributed by atoms with Crippen LogP contribution in [0.15, 0.2) is 42.5 Å². The second-order valence-corrected chi connectivity index (χ2v) is 5.50. The number of ether oxygens (including phenoxy) is 3. The third-order valence-corrected chi connectivity index (χ3v) is 3.70. The average molecular weight is 340 g/mol. The van der Waals surface area contributed by atoms with Crippen molar-refractivity contribution in [2.45, 2.75) is 37.3 Å². The van der Waals surface area contributed by atoms with Crippen molar-refractivity contribution in [2.24, 2.45) is 0 Å². The zero-order valence-corrected chi connectivity index (χ0v) is 13.3. The standard InChI is InChI=1S/C17H24O7/c18-10-13-14(19)15(20)16(21)17(24-13)23-9-5-4-8-22-11-12-6-2-1-3-7-12/h1-7,13-21H,8-11H2/b5-4+/t13-,14+,15+,16-,17+/m1/s1. The molecule has 0 aromatic heterocycles. The Morgan fingerprint density at radius 3 is 2.38 bits per heavy atom. The lowest BCUT2D eigenvalue weighted by Gasteiger charge is -2.39. The van der Waals surface area contributed by atoms with E-state index in [9.17, 15) is 15.3 Å². The van der Waals surface area contributed by atoms with Crippen molar-refractivity contribution in [2.75, 3.05) is 19.8 Å². The summed E-state index contributed by atoms with van der Waals surface area (Å²) >= 11 is 0. The van der Waals surface area contributed by atoms with Crippen molar-refractivity contribution in [3.8, 4) is 0 Å². The van der Waals surface area contributed by atoms with Gasteiger partial charge in [-0.15, -0.1) is 0 Å². The lowest BCUT2D eigenvalue weighted by Crippen LogP contribution is -2.59. The molecular weight excluding hydrogens is 316 g/mol. The molecule has 1 aliphatic rings. The number of benzene rings is 1. The normalized spacial score (nSPS) is 30.8. The van der Waals surface area contributed by atoms with Crippen molar-refractivity contribution in [1.29, 1.82) is 0 Å². The van der Waals surface area contributed by atoms with Crippen LogP contribution in [0, 0.1) is 0 Å². The first-order valence-electron chi connectivity index (χ1n) is 7.82. The second kappa shape index (κ2) is 9.85. The molecule has 2 rings (SSSR count). The minimum atomic E-state index is -1.43. The highest BCUT2D eigenvalue weighted by Gasteiger charge is 2.43. The van der Waals surface area contributed by atoms with Gasteiger partial charge in [0.15, 0.2) is 6.29 Å². The Morgan fingerprint density at radius 2 is 1.67 bits per heavy atom. The van der Waals surface area contributed by atoms with Crippen LogP contribution in [0.4, 0.5) is 0 Å². The molecule has 134 valence electrons. The van der Waals surface area contributed by atoms with Crippen molar-refractivity contribution in [3.05, 3.63) is 48.0 Å². The highest BCUT2D eigenvalue weighted by atomic mass is 16.7. The Balaban J connectivity index is 1.65. The summed E-state index contributed by atoms with van der Waals surface area (Å²) in [5.74, 6) is 0. The fourth-order valence-electron chi connectivity index (χ4n) is 2.31. The summed E-state index contributed by atoms with van der Waals surface area (Å²) in [6.45, 7) is 0.580. The molecule has 0 aliphatic carbocycles. The third kappa shape index (κ3) is 5.35. The van der Waals surface area contributed by atoms with Gasteiger partial charge < -0.3 is 34.6 Å². The fourth-order valence-corrected chi connectivity index (χ4v) is 2.31. The molecule has 0 unspecified atom stereocenters. The van der Waals surface area contributed by atoms with E-state index in [-0.39, 0.29) is 6.61 Å². The van der Waals surface area contributed by atoms with Gasteiger partial charge in [0, 0.05) is 0 Å². The van der Waals surface area contributed by atoms with Crippen LogP contribution in [-0.2, 0) is 20.8 Å². The average Bonchev–Trinajstić information content (AvgIpc) is 2.61. The molecule has 1 saturated heterocycles. The molecule has 0 bridgehead atoms. The van der Waals surface area contributed by atoms with Crippen molar-refractivity contribution >= 4 is 0 Å². The van der Waals surface area contributed by atoms with Gasteiger partial charge in [0.05, 0.1) is 26.4 Å².